The monoisotopic (exact) mass is 383 g/mol. The summed E-state index contributed by atoms with van der Waals surface area (Å²) in [7, 11) is 0. The number of nitrogen functional groups attached to an aromatic ring is 1. The van der Waals surface area contributed by atoms with Crippen LogP contribution in [0.15, 0.2) is 41.2 Å². The summed E-state index contributed by atoms with van der Waals surface area (Å²) >= 11 is 2.21. The predicted molar refractivity (Wildman–Crippen MR) is 91.6 cm³/mol. The van der Waals surface area contributed by atoms with Crippen LogP contribution in [0.25, 0.3) is 0 Å². The van der Waals surface area contributed by atoms with E-state index in [1.807, 2.05) is 25.1 Å². The van der Waals surface area contributed by atoms with Crippen LogP contribution in [-0.4, -0.2) is 5.90 Å². The number of allylic oxidation sites excluding steroid dienone is 1. The highest BCUT2D eigenvalue weighted by Crippen LogP contribution is 2.29. The molecule has 0 atom stereocenters. The minimum Gasteiger partial charge on any atom is -0.436 e. The average molecular weight is 383 g/mol. The summed E-state index contributed by atoms with van der Waals surface area (Å²) < 4.78 is 6.87. The largest absolute Gasteiger partial charge is 0.436 e. The highest BCUT2D eigenvalue weighted by molar-refractivity contribution is 14.1. The van der Waals surface area contributed by atoms with Crippen molar-refractivity contribution in [1.29, 1.82) is 0 Å². The van der Waals surface area contributed by atoms with Gasteiger partial charge in [0.25, 0.3) is 0 Å². The van der Waals surface area contributed by atoms with Crippen molar-refractivity contribution >= 4 is 34.2 Å². The third kappa shape index (κ3) is 3.15. The number of halogens is 1. The molecule has 0 saturated carbocycles. The Labute approximate surface area is 132 Å². The second-order valence-electron chi connectivity index (χ2n) is 5.05. The molecule has 0 amide bonds. The summed E-state index contributed by atoms with van der Waals surface area (Å²) in [6, 6.07) is 3.77. The number of nitrogens with two attached hydrogens (primary N) is 1. The van der Waals surface area contributed by atoms with Gasteiger partial charge in [0.1, 0.15) is 5.75 Å². The van der Waals surface area contributed by atoms with Crippen molar-refractivity contribution in [3.05, 3.63) is 45.2 Å². The first-order valence-electron chi connectivity index (χ1n) is 6.36. The molecule has 1 aliphatic heterocycles. The topological polar surface area (TPSA) is 59.6 Å². The molecule has 0 radical (unpaired) electrons. The lowest BCUT2D eigenvalue weighted by Crippen LogP contribution is -2.22. The maximum absolute atomic E-state index is 5.91. The Kier molecular flexibility index (Phi) is 4.37. The molecule has 0 fully saturated rings. The normalized spacial score (nSPS) is 14.8. The standard InChI is InChI=1S/C15H18IN3O/c1-8(2)12-7-14(19-18-10(12)4)20-15-9(3)5-11(17)6-13(15)16/h5-8,18H,4,17H2,1-3H3. The number of benzene rings is 1. The van der Waals surface area contributed by atoms with E-state index in [2.05, 4.69) is 53.5 Å². The summed E-state index contributed by atoms with van der Waals surface area (Å²) in [5, 5.41) is 4.18. The van der Waals surface area contributed by atoms with Gasteiger partial charge < -0.3 is 10.5 Å². The van der Waals surface area contributed by atoms with Gasteiger partial charge in [0.2, 0.25) is 5.90 Å². The van der Waals surface area contributed by atoms with E-state index < -0.39 is 0 Å². The minimum atomic E-state index is 0.357. The fourth-order valence-electron chi connectivity index (χ4n) is 2.00. The van der Waals surface area contributed by atoms with Crippen molar-refractivity contribution < 1.29 is 4.74 Å². The van der Waals surface area contributed by atoms with E-state index in [0.717, 1.165) is 31.8 Å². The highest BCUT2D eigenvalue weighted by atomic mass is 127. The van der Waals surface area contributed by atoms with Crippen LogP contribution >= 0.6 is 22.6 Å². The molecule has 1 aliphatic rings. The lowest BCUT2D eigenvalue weighted by Gasteiger charge is -2.20. The summed E-state index contributed by atoms with van der Waals surface area (Å²) in [4.78, 5) is 0. The van der Waals surface area contributed by atoms with Crippen molar-refractivity contribution in [1.82, 2.24) is 5.43 Å². The zero-order chi connectivity index (χ0) is 14.9. The molecule has 2 rings (SSSR count). The maximum Gasteiger partial charge on any atom is 0.236 e. The molecule has 5 heteroatoms. The summed E-state index contributed by atoms with van der Waals surface area (Å²) in [6.07, 6.45) is 1.93. The Hall–Kier alpha value is -1.50. The molecule has 20 heavy (non-hydrogen) atoms. The molecule has 0 aliphatic carbocycles. The quantitative estimate of drug-likeness (QED) is 0.607. The number of hydrogen-bond donors (Lipinski definition) is 2. The van der Waals surface area contributed by atoms with Crippen molar-refractivity contribution in [2.45, 2.75) is 20.8 Å². The van der Waals surface area contributed by atoms with Crippen LogP contribution in [0.1, 0.15) is 19.4 Å². The molecule has 106 valence electrons. The van der Waals surface area contributed by atoms with Crippen LogP contribution in [0.2, 0.25) is 0 Å². The SMILES string of the molecule is C=C1NN=C(Oc2c(C)cc(N)cc2I)C=C1C(C)C. The third-order valence-corrected chi connectivity index (χ3v) is 3.81. The number of hydrogen-bond acceptors (Lipinski definition) is 4. The molecule has 1 heterocycles. The van der Waals surface area contributed by atoms with Gasteiger partial charge in [0, 0.05) is 11.8 Å². The smallest absolute Gasteiger partial charge is 0.236 e. The molecule has 0 bridgehead atoms. The molecule has 0 saturated heterocycles. The van der Waals surface area contributed by atoms with E-state index in [0.29, 0.717) is 11.8 Å². The van der Waals surface area contributed by atoms with Gasteiger partial charge in [-0.3, -0.25) is 5.43 Å². The van der Waals surface area contributed by atoms with Crippen LogP contribution in [0, 0.1) is 16.4 Å². The van der Waals surface area contributed by atoms with Gasteiger partial charge in [-0.1, -0.05) is 20.4 Å². The predicted octanol–water partition coefficient (Wildman–Crippen LogP) is 3.57. The molecular weight excluding hydrogens is 365 g/mol. The van der Waals surface area contributed by atoms with Crippen LogP contribution in [0.3, 0.4) is 0 Å². The molecule has 4 nitrogen and oxygen atoms in total. The number of ether oxygens (including phenoxy) is 1. The zero-order valence-electron chi connectivity index (χ0n) is 11.8. The lowest BCUT2D eigenvalue weighted by atomic mass is 10.00. The van der Waals surface area contributed by atoms with E-state index in [4.69, 9.17) is 10.5 Å². The number of hydrazone groups is 1. The zero-order valence-corrected chi connectivity index (χ0v) is 14.0. The van der Waals surface area contributed by atoms with Gasteiger partial charge in [-0.25, -0.2) is 0 Å². The van der Waals surface area contributed by atoms with Crippen LogP contribution in [0.5, 0.6) is 5.75 Å². The van der Waals surface area contributed by atoms with E-state index in [9.17, 15) is 0 Å². The van der Waals surface area contributed by atoms with Gasteiger partial charge >= 0.3 is 0 Å². The lowest BCUT2D eigenvalue weighted by molar-refractivity contribution is 0.532. The Morgan fingerprint density at radius 1 is 1.40 bits per heavy atom. The van der Waals surface area contributed by atoms with Crippen molar-refractivity contribution in [3.8, 4) is 5.75 Å². The Balaban J connectivity index is 2.30. The van der Waals surface area contributed by atoms with E-state index >= 15 is 0 Å². The van der Waals surface area contributed by atoms with Gasteiger partial charge in [-0.15, -0.1) is 5.10 Å². The van der Waals surface area contributed by atoms with Crippen LogP contribution < -0.4 is 15.9 Å². The second-order valence-corrected chi connectivity index (χ2v) is 6.21. The Bertz CT molecular complexity index is 595. The summed E-state index contributed by atoms with van der Waals surface area (Å²) in [6.45, 7) is 10.1. The fourth-order valence-corrected chi connectivity index (χ4v) is 2.89. The highest BCUT2D eigenvalue weighted by Gasteiger charge is 2.16. The van der Waals surface area contributed by atoms with Crippen molar-refractivity contribution in [3.63, 3.8) is 0 Å². The first kappa shape index (κ1) is 14.9. The minimum absolute atomic E-state index is 0.357. The molecular formula is C15H18IN3O. The summed E-state index contributed by atoms with van der Waals surface area (Å²) in [5.74, 6) is 1.68. The molecule has 0 aromatic heterocycles. The first-order valence-corrected chi connectivity index (χ1v) is 7.44. The number of nitrogens with zero attached hydrogens (tertiary/aromatic N) is 1. The summed E-state index contributed by atoms with van der Waals surface area (Å²) in [5.41, 5.74) is 12.4. The maximum atomic E-state index is 5.91. The van der Waals surface area contributed by atoms with E-state index in [1.54, 1.807) is 0 Å². The average Bonchev–Trinajstić information content (AvgIpc) is 2.35. The number of rotatable bonds is 2. The second kappa shape index (κ2) is 5.87. The van der Waals surface area contributed by atoms with E-state index in [-0.39, 0.29) is 0 Å². The number of aryl methyl sites for hydroxylation is 1. The molecule has 3 N–H and O–H groups in total. The molecule has 1 aromatic rings. The van der Waals surface area contributed by atoms with Gasteiger partial charge in [0.15, 0.2) is 0 Å². The molecule has 1 aromatic carbocycles. The number of anilines is 1. The fraction of sp³-hybridized carbons (Fsp3) is 0.267. The van der Waals surface area contributed by atoms with Gasteiger partial charge in [-0.05, 0) is 58.7 Å². The Morgan fingerprint density at radius 3 is 2.70 bits per heavy atom. The van der Waals surface area contributed by atoms with Gasteiger partial charge in [-0.2, -0.15) is 0 Å². The van der Waals surface area contributed by atoms with Crippen molar-refractivity contribution in [2.24, 2.45) is 11.0 Å². The van der Waals surface area contributed by atoms with Crippen LogP contribution in [-0.2, 0) is 0 Å². The van der Waals surface area contributed by atoms with Crippen molar-refractivity contribution in [2.75, 3.05) is 5.73 Å². The third-order valence-electron chi connectivity index (χ3n) is 3.01. The molecule has 0 unspecified atom stereocenters. The van der Waals surface area contributed by atoms with Gasteiger partial charge in [0.05, 0.1) is 9.27 Å². The number of nitrogens with one attached hydrogen (secondary N) is 1. The Morgan fingerprint density at radius 2 is 2.10 bits per heavy atom. The van der Waals surface area contributed by atoms with Crippen LogP contribution in [0.4, 0.5) is 5.69 Å². The first-order chi connectivity index (χ1) is 9.38. The molecule has 0 spiro atoms. The van der Waals surface area contributed by atoms with E-state index in [1.165, 1.54) is 0 Å².